The van der Waals surface area contributed by atoms with Crippen LogP contribution in [0.3, 0.4) is 0 Å². The maximum Gasteiger partial charge on any atom is 0.238 e. The van der Waals surface area contributed by atoms with Gasteiger partial charge in [0.25, 0.3) is 0 Å². The molecule has 0 bridgehead atoms. The van der Waals surface area contributed by atoms with Crippen LogP contribution in [-0.4, -0.2) is 61.9 Å². The van der Waals surface area contributed by atoms with Gasteiger partial charge in [-0.05, 0) is 73.7 Å². The average molecular weight is 607 g/mol. The zero-order chi connectivity index (χ0) is 31.4. The van der Waals surface area contributed by atoms with Gasteiger partial charge in [-0.2, -0.15) is 0 Å². The Morgan fingerprint density at radius 1 is 0.956 bits per heavy atom. The summed E-state index contributed by atoms with van der Waals surface area (Å²) in [5.41, 5.74) is 4.41. The van der Waals surface area contributed by atoms with Gasteiger partial charge in [0, 0.05) is 41.4 Å². The fraction of sp³-hybridized carbons (Fsp3) is 0.333. The number of benzene rings is 2. The molecule has 9 heteroatoms. The molecule has 0 unspecified atom stereocenters. The zero-order valence-electron chi connectivity index (χ0n) is 25.2. The number of Topliss-reactive ketones (excluding diaryl/α,β-unsaturated/α-hetero) is 1. The second kappa shape index (κ2) is 11.3. The topological polar surface area (TPSA) is 113 Å². The van der Waals surface area contributed by atoms with Crippen molar-refractivity contribution >= 4 is 40.8 Å². The van der Waals surface area contributed by atoms with Gasteiger partial charge in [0.2, 0.25) is 11.8 Å². The number of aromatic hydroxyl groups is 1. The van der Waals surface area contributed by atoms with E-state index in [0.717, 1.165) is 29.9 Å². The van der Waals surface area contributed by atoms with Crippen LogP contribution in [0.25, 0.3) is 6.08 Å². The molecule has 3 aliphatic carbocycles. The van der Waals surface area contributed by atoms with Crippen molar-refractivity contribution in [3.8, 4) is 11.5 Å². The van der Waals surface area contributed by atoms with Gasteiger partial charge in [0.05, 0.1) is 37.8 Å². The summed E-state index contributed by atoms with van der Waals surface area (Å²) in [5.74, 6) is -2.69. The average Bonchev–Trinajstić information content (AvgIpc) is 3.32. The Hall–Kier alpha value is -4.76. The van der Waals surface area contributed by atoms with Crippen LogP contribution in [-0.2, 0) is 23.9 Å². The van der Waals surface area contributed by atoms with Crippen LogP contribution in [0.2, 0.25) is 0 Å². The first-order chi connectivity index (χ1) is 21.8. The minimum absolute atomic E-state index is 0.0109. The fourth-order valence-corrected chi connectivity index (χ4v) is 7.55. The minimum Gasteiger partial charge on any atom is -0.504 e. The van der Waals surface area contributed by atoms with Crippen molar-refractivity contribution < 1.29 is 33.8 Å². The highest BCUT2D eigenvalue weighted by Gasteiger charge is 2.56. The number of rotatable bonds is 5. The molecule has 2 saturated heterocycles. The first kappa shape index (κ1) is 29.0. The number of ketones is 2. The molecule has 0 saturated carbocycles. The van der Waals surface area contributed by atoms with E-state index < -0.39 is 23.7 Å². The molecule has 0 radical (unpaired) electrons. The van der Waals surface area contributed by atoms with Crippen LogP contribution in [0.5, 0.6) is 11.5 Å². The second-order valence-electron chi connectivity index (χ2n) is 12.2. The number of carbonyl (C=O) groups is 4. The predicted molar refractivity (Wildman–Crippen MR) is 168 cm³/mol. The molecular weight excluding hydrogens is 572 g/mol. The number of phenols is 1. The van der Waals surface area contributed by atoms with Gasteiger partial charge in [0.15, 0.2) is 23.1 Å². The third-order valence-electron chi connectivity index (χ3n) is 9.78. The molecule has 9 nitrogen and oxygen atoms in total. The Bertz CT molecular complexity index is 1740. The van der Waals surface area contributed by atoms with E-state index in [1.165, 1.54) is 24.2 Å². The highest BCUT2D eigenvalue weighted by molar-refractivity contribution is 6.24. The number of allylic oxidation sites excluding steroid dienone is 7. The van der Waals surface area contributed by atoms with Gasteiger partial charge < -0.3 is 19.5 Å². The number of amides is 2. The fourth-order valence-electron chi connectivity index (χ4n) is 7.55. The lowest BCUT2D eigenvalue weighted by Crippen LogP contribution is -2.40. The summed E-state index contributed by atoms with van der Waals surface area (Å²) in [4.78, 5) is 58.4. The van der Waals surface area contributed by atoms with Crippen molar-refractivity contribution in [2.45, 2.75) is 19.8 Å². The molecule has 230 valence electrons. The van der Waals surface area contributed by atoms with Crippen molar-refractivity contribution in [3.63, 3.8) is 0 Å². The van der Waals surface area contributed by atoms with E-state index in [2.05, 4.69) is 4.90 Å². The standard InChI is InChI=1S/C36H34N2O7/c1-20-17-30(40)32-25(9-3-21-4-12-29(39)31(18-21)44-2)24-10-11-26-33(27(24)19-28(32)34(20)41)36(43)38(35(26)42)23-7-5-22(6-8-23)37-13-15-45-16-14-37/h3-10,12,17-18,25-27,33,39H,11,13-16,19H2,1-2H3/t25-,26-,27+,33-/m0/s1. The van der Waals surface area contributed by atoms with Crippen LogP contribution >= 0.6 is 0 Å². The molecule has 7 rings (SSSR count). The summed E-state index contributed by atoms with van der Waals surface area (Å²) in [5, 5.41) is 10.0. The first-order valence-electron chi connectivity index (χ1n) is 15.3. The molecule has 2 amide bonds. The lowest BCUT2D eigenvalue weighted by Gasteiger charge is -2.41. The Balaban J connectivity index is 1.23. The molecule has 2 aromatic rings. The van der Waals surface area contributed by atoms with E-state index in [4.69, 9.17) is 9.47 Å². The largest absolute Gasteiger partial charge is 0.504 e. The second-order valence-corrected chi connectivity index (χ2v) is 12.2. The van der Waals surface area contributed by atoms with Crippen LogP contribution in [0.4, 0.5) is 11.4 Å². The van der Waals surface area contributed by atoms with Gasteiger partial charge in [-0.25, -0.2) is 0 Å². The third kappa shape index (κ3) is 4.82. The van der Waals surface area contributed by atoms with E-state index in [1.54, 1.807) is 19.1 Å². The van der Waals surface area contributed by atoms with E-state index in [9.17, 15) is 24.3 Å². The number of anilines is 2. The molecule has 2 aliphatic heterocycles. The number of hydrogen-bond acceptors (Lipinski definition) is 8. The summed E-state index contributed by atoms with van der Waals surface area (Å²) >= 11 is 0. The summed E-state index contributed by atoms with van der Waals surface area (Å²) in [6, 6.07) is 12.5. The lowest BCUT2D eigenvalue weighted by atomic mass is 9.60. The minimum atomic E-state index is -0.635. The van der Waals surface area contributed by atoms with E-state index in [1.807, 2.05) is 42.5 Å². The normalized spacial score (nSPS) is 26.5. The van der Waals surface area contributed by atoms with E-state index >= 15 is 0 Å². The van der Waals surface area contributed by atoms with Crippen molar-refractivity contribution in [1.29, 1.82) is 0 Å². The van der Waals surface area contributed by atoms with Crippen LogP contribution in [0.1, 0.15) is 25.3 Å². The lowest BCUT2D eigenvalue weighted by molar-refractivity contribution is -0.123. The first-order valence-corrected chi connectivity index (χ1v) is 15.3. The predicted octanol–water partition coefficient (Wildman–Crippen LogP) is 4.42. The Morgan fingerprint density at radius 3 is 2.42 bits per heavy atom. The van der Waals surface area contributed by atoms with Gasteiger partial charge in [0.1, 0.15) is 0 Å². The highest BCUT2D eigenvalue weighted by Crippen LogP contribution is 2.53. The smallest absolute Gasteiger partial charge is 0.238 e. The van der Waals surface area contributed by atoms with E-state index in [0.29, 0.717) is 47.8 Å². The van der Waals surface area contributed by atoms with Crippen LogP contribution < -0.4 is 14.5 Å². The summed E-state index contributed by atoms with van der Waals surface area (Å²) in [6.45, 7) is 4.52. The van der Waals surface area contributed by atoms with Crippen molar-refractivity contribution in [3.05, 3.63) is 88.5 Å². The Kier molecular flexibility index (Phi) is 7.28. The third-order valence-corrected chi connectivity index (χ3v) is 9.78. The van der Waals surface area contributed by atoms with Crippen molar-refractivity contribution in [2.75, 3.05) is 43.2 Å². The van der Waals surface area contributed by atoms with E-state index in [-0.39, 0.29) is 35.6 Å². The number of imide groups is 1. The van der Waals surface area contributed by atoms with Crippen molar-refractivity contribution in [2.24, 2.45) is 23.7 Å². The molecule has 2 heterocycles. The molecule has 45 heavy (non-hydrogen) atoms. The number of methoxy groups -OCH3 is 1. The van der Waals surface area contributed by atoms with Gasteiger partial charge >= 0.3 is 0 Å². The Labute approximate surface area is 261 Å². The molecule has 0 spiro atoms. The molecule has 4 atom stereocenters. The SMILES string of the molecule is COc1cc(C=C[C@H]2C3=CC[C@@H]4C(=O)N(c5ccc(N6CCOCC6)cc5)C(=O)[C@@H]4[C@@H]3CC3=C2C(=O)C=C(C)C3=O)ccc1O. The van der Waals surface area contributed by atoms with Gasteiger partial charge in [-0.3, -0.25) is 24.1 Å². The summed E-state index contributed by atoms with van der Waals surface area (Å²) < 4.78 is 10.7. The van der Waals surface area contributed by atoms with Crippen LogP contribution in [0.15, 0.2) is 83.0 Å². The molecule has 1 N–H and O–H groups in total. The van der Waals surface area contributed by atoms with Crippen LogP contribution in [0, 0.1) is 23.7 Å². The molecular formula is C36H34N2O7. The number of morpholine rings is 1. The monoisotopic (exact) mass is 606 g/mol. The van der Waals surface area contributed by atoms with Gasteiger partial charge in [-0.15, -0.1) is 0 Å². The maximum absolute atomic E-state index is 14.2. The number of ether oxygens (including phenoxy) is 2. The highest BCUT2D eigenvalue weighted by atomic mass is 16.5. The Morgan fingerprint density at radius 2 is 1.69 bits per heavy atom. The molecule has 2 aromatic carbocycles. The number of hydrogen-bond donors (Lipinski definition) is 1. The number of carbonyl (C=O) groups excluding carboxylic acids is 4. The quantitative estimate of drug-likeness (QED) is 0.303. The summed E-state index contributed by atoms with van der Waals surface area (Å²) in [6.07, 6.45) is 7.71. The molecule has 2 fully saturated rings. The molecule has 5 aliphatic rings. The maximum atomic E-state index is 14.2. The number of nitrogens with zero attached hydrogens (tertiary/aromatic N) is 2. The van der Waals surface area contributed by atoms with Gasteiger partial charge in [-0.1, -0.05) is 29.9 Å². The zero-order valence-corrected chi connectivity index (χ0v) is 25.2. The van der Waals surface area contributed by atoms with Crippen molar-refractivity contribution in [1.82, 2.24) is 0 Å². The number of phenolic OH excluding ortho intramolecular Hbond substituents is 1. The summed E-state index contributed by atoms with van der Waals surface area (Å²) in [7, 11) is 1.47. The number of fused-ring (bicyclic) bond motifs is 3. The molecule has 0 aromatic heterocycles.